The summed E-state index contributed by atoms with van der Waals surface area (Å²) in [6, 6.07) is 0. The Morgan fingerprint density at radius 3 is 1.40 bits per heavy atom. The number of hydrogen-bond donors (Lipinski definition) is 0. The van der Waals surface area contributed by atoms with E-state index in [1.165, 1.54) is 0 Å². The lowest BCUT2D eigenvalue weighted by molar-refractivity contribution is -0.143. The first-order valence-electron chi connectivity index (χ1n) is 3.84. The van der Waals surface area contributed by atoms with Gasteiger partial charge in [-0.15, -0.1) is 0 Å². The van der Waals surface area contributed by atoms with E-state index in [0.29, 0.717) is 24.4 Å². The summed E-state index contributed by atoms with van der Waals surface area (Å²) in [5, 5.41) is 0. The minimum absolute atomic E-state index is 0.140. The monoisotopic (exact) mass is 138 g/mol. The summed E-state index contributed by atoms with van der Waals surface area (Å²) >= 11 is 0. The first kappa shape index (κ1) is 6.08. The van der Waals surface area contributed by atoms with Crippen LogP contribution in [0.1, 0.15) is 25.7 Å². The third-order valence-electron chi connectivity index (χ3n) is 2.72. The van der Waals surface area contributed by atoms with Crippen molar-refractivity contribution in [2.24, 2.45) is 11.8 Å². The molecule has 0 aromatic carbocycles. The first-order valence-corrected chi connectivity index (χ1v) is 3.84. The van der Waals surface area contributed by atoms with E-state index in [9.17, 15) is 9.59 Å². The fourth-order valence-electron chi connectivity index (χ4n) is 1.71. The van der Waals surface area contributed by atoms with Crippen LogP contribution in [0.3, 0.4) is 0 Å². The molecule has 54 valence electrons. The molecule has 2 unspecified atom stereocenters. The van der Waals surface area contributed by atoms with Gasteiger partial charge in [-0.1, -0.05) is 0 Å². The molecule has 0 bridgehead atoms. The Labute approximate surface area is 59.6 Å². The highest BCUT2D eigenvalue weighted by molar-refractivity contribution is 5.95. The summed E-state index contributed by atoms with van der Waals surface area (Å²) < 4.78 is 0. The maximum Gasteiger partial charge on any atom is 0.136 e. The maximum atomic E-state index is 10.9. The van der Waals surface area contributed by atoms with E-state index in [1.54, 1.807) is 0 Å². The molecule has 0 saturated heterocycles. The van der Waals surface area contributed by atoms with E-state index in [2.05, 4.69) is 0 Å². The van der Waals surface area contributed by atoms with Gasteiger partial charge in [-0.3, -0.25) is 9.59 Å². The van der Waals surface area contributed by atoms with E-state index in [0.717, 1.165) is 12.8 Å². The van der Waals surface area contributed by atoms with Gasteiger partial charge in [0, 0.05) is 24.7 Å². The molecule has 10 heavy (non-hydrogen) atoms. The van der Waals surface area contributed by atoms with Crippen molar-refractivity contribution in [3.05, 3.63) is 0 Å². The van der Waals surface area contributed by atoms with Gasteiger partial charge >= 0.3 is 0 Å². The molecule has 0 radical (unpaired) electrons. The van der Waals surface area contributed by atoms with Gasteiger partial charge in [0.1, 0.15) is 11.6 Å². The fraction of sp³-hybridized carbons (Fsp3) is 0.750. The van der Waals surface area contributed by atoms with Crippen LogP contribution in [0.15, 0.2) is 0 Å². The van der Waals surface area contributed by atoms with Gasteiger partial charge in [-0.25, -0.2) is 0 Å². The quantitative estimate of drug-likeness (QED) is 0.540. The Morgan fingerprint density at radius 2 is 1.30 bits per heavy atom. The molecule has 0 aromatic heterocycles. The zero-order chi connectivity index (χ0) is 7.14. The number of carbonyl (C=O) groups is 2. The minimum Gasteiger partial charge on any atom is -0.299 e. The molecule has 2 fully saturated rings. The number of hydrogen-bond acceptors (Lipinski definition) is 2. The lowest BCUT2D eigenvalue weighted by Gasteiger charge is -2.36. The van der Waals surface area contributed by atoms with Gasteiger partial charge in [0.25, 0.3) is 0 Å². The number of ketones is 2. The van der Waals surface area contributed by atoms with E-state index in [4.69, 9.17) is 0 Å². The molecule has 0 aromatic rings. The molecule has 2 aliphatic carbocycles. The Bertz CT molecular complexity index is 173. The van der Waals surface area contributed by atoms with E-state index >= 15 is 0 Å². The second-order valence-corrected chi connectivity index (χ2v) is 3.22. The first-order chi connectivity index (χ1) is 4.79. The van der Waals surface area contributed by atoms with Crippen LogP contribution in [0.5, 0.6) is 0 Å². The highest BCUT2D eigenvalue weighted by Crippen LogP contribution is 2.39. The predicted octanol–water partition coefficient (Wildman–Crippen LogP) is 0.945. The molecule has 2 saturated carbocycles. The van der Waals surface area contributed by atoms with Crippen molar-refractivity contribution in [1.29, 1.82) is 0 Å². The Hall–Kier alpha value is -0.660. The largest absolute Gasteiger partial charge is 0.299 e. The summed E-state index contributed by atoms with van der Waals surface area (Å²) in [5.41, 5.74) is 0. The summed E-state index contributed by atoms with van der Waals surface area (Å²) in [4.78, 5) is 21.7. The number of rotatable bonds is 1. The normalized spacial score (nSPS) is 38.8. The lowest BCUT2D eigenvalue weighted by Crippen LogP contribution is -2.42. The molecular formula is C8H10O2. The zero-order valence-electron chi connectivity index (χ0n) is 5.80. The Morgan fingerprint density at radius 1 is 0.900 bits per heavy atom. The Balaban J connectivity index is 1.99. The van der Waals surface area contributed by atoms with Crippen molar-refractivity contribution in [1.82, 2.24) is 0 Å². The molecule has 0 spiro atoms. The Kier molecular flexibility index (Phi) is 1.16. The van der Waals surface area contributed by atoms with Crippen LogP contribution in [0.2, 0.25) is 0 Å². The minimum atomic E-state index is 0.140. The van der Waals surface area contributed by atoms with Crippen molar-refractivity contribution in [2.75, 3.05) is 0 Å². The number of carbonyl (C=O) groups excluding carboxylic acids is 2. The van der Waals surface area contributed by atoms with Gasteiger partial charge in [-0.05, 0) is 12.8 Å². The molecular weight excluding hydrogens is 128 g/mol. The molecule has 2 atom stereocenters. The molecule has 0 heterocycles. The third kappa shape index (κ3) is 0.648. The lowest BCUT2D eigenvalue weighted by atomic mass is 9.65. The van der Waals surface area contributed by atoms with Crippen molar-refractivity contribution >= 4 is 11.6 Å². The second-order valence-electron chi connectivity index (χ2n) is 3.22. The van der Waals surface area contributed by atoms with E-state index < -0.39 is 0 Å². The van der Waals surface area contributed by atoms with Gasteiger partial charge in [-0.2, -0.15) is 0 Å². The summed E-state index contributed by atoms with van der Waals surface area (Å²) in [6.45, 7) is 0. The maximum absolute atomic E-state index is 10.9. The second kappa shape index (κ2) is 1.91. The van der Waals surface area contributed by atoms with Crippen molar-refractivity contribution in [2.45, 2.75) is 25.7 Å². The van der Waals surface area contributed by atoms with Crippen LogP contribution in [0.4, 0.5) is 0 Å². The van der Waals surface area contributed by atoms with Gasteiger partial charge in [0.05, 0.1) is 0 Å². The smallest absolute Gasteiger partial charge is 0.136 e. The van der Waals surface area contributed by atoms with Gasteiger partial charge in [0.15, 0.2) is 0 Å². The average molecular weight is 138 g/mol. The van der Waals surface area contributed by atoms with Crippen LogP contribution < -0.4 is 0 Å². The third-order valence-corrected chi connectivity index (χ3v) is 2.72. The molecule has 2 aliphatic rings. The summed E-state index contributed by atoms with van der Waals surface area (Å²) in [7, 11) is 0. The predicted molar refractivity (Wildman–Crippen MR) is 35.5 cm³/mol. The topological polar surface area (TPSA) is 34.1 Å². The van der Waals surface area contributed by atoms with E-state index in [-0.39, 0.29) is 11.8 Å². The SMILES string of the molecule is O=C1CCC1C1CCC1=O. The van der Waals surface area contributed by atoms with E-state index in [1.807, 2.05) is 0 Å². The van der Waals surface area contributed by atoms with Gasteiger partial charge in [0.2, 0.25) is 0 Å². The summed E-state index contributed by atoms with van der Waals surface area (Å²) in [6.07, 6.45) is 3.37. The van der Waals surface area contributed by atoms with Crippen LogP contribution in [0.25, 0.3) is 0 Å². The molecule has 2 nitrogen and oxygen atoms in total. The molecule has 2 heteroatoms. The van der Waals surface area contributed by atoms with Crippen LogP contribution in [-0.2, 0) is 9.59 Å². The van der Waals surface area contributed by atoms with Gasteiger partial charge < -0.3 is 0 Å². The van der Waals surface area contributed by atoms with Crippen LogP contribution in [-0.4, -0.2) is 11.6 Å². The fourth-order valence-corrected chi connectivity index (χ4v) is 1.71. The van der Waals surface area contributed by atoms with Crippen LogP contribution >= 0.6 is 0 Å². The van der Waals surface area contributed by atoms with Crippen molar-refractivity contribution in [3.8, 4) is 0 Å². The van der Waals surface area contributed by atoms with Crippen molar-refractivity contribution < 1.29 is 9.59 Å². The summed E-state index contributed by atoms with van der Waals surface area (Å²) in [5.74, 6) is 0.915. The standard InChI is InChI=1S/C8H10O2/c9-7-3-1-5(7)6-2-4-8(6)10/h5-6H,1-4H2. The highest BCUT2D eigenvalue weighted by atomic mass is 16.1. The zero-order valence-corrected chi connectivity index (χ0v) is 5.80. The number of Topliss-reactive ketones (excluding diaryl/α,β-unsaturated/α-hetero) is 2. The average Bonchev–Trinajstić information content (AvgIpc) is 1.93. The molecule has 0 amide bonds. The molecule has 0 N–H and O–H groups in total. The molecule has 0 aliphatic heterocycles. The molecule has 2 rings (SSSR count). The van der Waals surface area contributed by atoms with Crippen molar-refractivity contribution in [3.63, 3.8) is 0 Å². The van der Waals surface area contributed by atoms with Crippen LogP contribution in [0, 0.1) is 11.8 Å². The highest BCUT2D eigenvalue weighted by Gasteiger charge is 2.43.